The van der Waals surface area contributed by atoms with E-state index < -0.39 is 0 Å². The average Bonchev–Trinajstić information content (AvgIpc) is 2.93. The van der Waals surface area contributed by atoms with Crippen LogP contribution in [0.15, 0.2) is 0 Å². The quantitative estimate of drug-likeness (QED) is 0.766. The lowest BCUT2D eigenvalue weighted by molar-refractivity contribution is -0.135. The SMILES string of the molecule is CS[C@@H]1CCC[C@@H]1N(C)CCC(=O)N1CCOCC1. The highest BCUT2D eigenvalue weighted by Gasteiger charge is 2.30. The molecule has 110 valence electrons. The van der Waals surface area contributed by atoms with Crippen molar-refractivity contribution in [2.45, 2.75) is 37.0 Å². The van der Waals surface area contributed by atoms with Crippen LogP contribution in [-0.4, -0.2) is 73.2 Å². The van der Waals surface area contributed by atoms with Crippen molar-refractivity contribution < 1.29 is 9.53 Å². The summed E-state index contributed by atoms with van der Waals surface area (Å²) in [4.78, 5) is 16.4. The first-order valence-electron chi connectivity index (χ1n) is 7.31. The maximum Gasteiger partial charge on any atom is 0.224 e. The van der Waals surface area contributed by atoms with Gasteiger partial charge >= 0.3 is 0 Å². The number of carbonyl (C=O) groups excluding carboxylic acids is 1. The van der Waals surface area contributed by atoms with Crippen LogP contribution in [0.25, 0.3) is 0 Å². The Balaban J connectivity index is 1.73. The van der Waals surface area contributed by atoms with Gasteiger partial charge in [0, 0.05) is 37.3 Å². The molecule has 0 aromatic carbocycles. The van der Waals surface area contributed by atoms with Crippen molar-refractivity contribution in [3.8, 4) is 0 Å². The summed E-state index contributed by atoms with van der Waals surface area (Å²) in [6.07, 6.45) is 6.79. The van der Waals surface area contributed by atoms with E-state index in [1.54, 1.807) is 0 Å². The summed E-state index contributed by atoms with van der Waals surface area (Å²) in [5, 5.41) is 0.753. The van der Waals surface area contributed by atoms with Crippen LogP contribution in [-0.2, 0) is 9.53 Å². The molecule has 1 aliphatic heterocycles. The van der Waals surface area contributed by atoms with Crippen LogP contribution in [0, 0.1) is 0 Å². The number of carbonyl (C=O) groups is 1. The molecule has 1 aliphatic carbocycles. The third-order valence-electron chi connectivity index (χ3n) is 4.33. The maximum absolute atomic E-state index is 12.1. The first-order valence-corrected chi connectivity index (χ1v) is 8.59. The molecule has 0 radical (unpaired) electrons. The molecule has 0 bridgehead atoms. The molecule has 5 heteroatoms. The largest absolute Gasteiger partial charge is 0.378 e. The van der Waals surface area contributed by atoms with Gasteiger partial charge in [-0.2, -0.15) is 11.8 Å². The summed E-state index contributed by atoms with van der Waals surface area (Å²) < 4.78 is 5.28. The molecule has 0 unspecified atom stereocenters. The zero-order valence-corrected chi connectivity index (χ0v) is 13.0. The summed E-state index contributed by atoms with van der Waals surface area (Å²) in [6.45, 7) is 3.80. The third kappa shape index (κ3) is 4.10. The zero-order chi connectivity index (χ0) is 13.7. The molecular formula is C14H26N2O2S. The Morgan fingerprint density at radius 3 is 2.79 bits per heavy atom. The Hall–Kier alpha value is -0.260. The van der Waals surface area contributed by atoms with Crippen LogP contribution < -0.4 is 0 Å². The molecule has 1 saturated carbocycles. The minimum atomic E-state index is 0.286. The lowest BCUT2D eigenvalue weighted by atomic mass is 10.2. The van der Waals surface area contributed by atoms with Crippen molar-refractivity contribution in [2.24, 2.45) is 0 Å². The van der Waals surface area contributed by atoms with Gasteiger partial charge < -0.3 is 14.5 Å². The number of nitrogens with zero attached hydrogens (tertiary/aromatic N) is 2. The monoisotopic (exact) mass is 286 g/mol. The Kier molecular flexibility index (Phi) is 5.98. The van der Waals surface area contributed by atoms with Gasteiger partial charge in [-0.05, 0) is 26.1 Å². The highest BCUT2D eigenvalue weighted by molar-refractivity contribution is 7.99. The van der Waals surface area contributed by atoms with Crippen molar-refractivity contribution >= 4 is 17.7 Å². The predicted molar refractivity (Wildman–Crippen MR) is 79.6 cm³/mol. The van der Waals surface area contributed by atoms with Gasteiger partial charge in [0.25, 0.3) is 0 Å². The molecule has 0 aromatic rings. The Labute approximate surface area is 120 Å². The molecule has 2 atom stereocenters. The second-order valence-electron chi connectivity index (χ2n) is 5.50. The van der Waals surface area contributed by atoms with E-state index in [0.717, 1.165) is 24.9 Å². The Morgan fingerprint density at radius 1 is 1.37 bits per heavy atom. The molecule has 0 spiro atoms. The number of morpholine rings is 1. The standard InChI is InChI=1S/C14H26N2O2S/c1-15(12-4-3-5-13(12)19-2)7-6-14(17)16-8-10-18-11-9-16/h12-13H,3-11H2,1-2H3/t12-,13+/m0/s1. The minimum absolute atomic E-state index is 0.286. The molecule has 2 fully saturated rings. The highest BCUT2D eigenvalue weighted by atomic mass is 32.2. The van der Waals surface area contributed by atoms with E-state index in [4.69, 9.17) is 4.74 Å². The fourth-order valence-electron chi connectivity index (χ4n) is 3.09. The van der Waals surface area contributed by atoms with Crippen molar-refractivity contribution in [1.82, 2.24) is 9.80 Å². The second-order valence-corrected chi connectivity index (χ2v) is 6.57. The third-order valence-corrected chi connectivity index (χ3v) is 5.48. The number of thioether (sulfide) groups is 1. The van der Waals surface area contributed by atoms with Crippen LogP contribution in [0.4, 0.5) is 0 Å². The Morgan fingerprint density at radius 2 is 2.11 bits per heavy atom. The molecule has 4 nitrogen and oxygen atoms in total. The number of rotatable bonds is 5. The van der Waals surface area contributed by atoms with E-state index in [1.165, 1.54) is 19.3 Å². The fourth-order valence-corrected chi connectivity index (χ4v) is 4.15. The summed E-state index contributed by atoms with van der Waals surface area (Å²) in [5.74, 6) is 0.286. The van der Waals surface area contributed by atoms with E-state index in [2.05, 4.69) is 18.2 Å². The lowest BCUT2D eigenvalue weighted by Crippen LogP contribution is -2.43. The lowest BCUT2D eigenvalue weighted by Gasteiger charge is -2.31. The molecule has 19 heavy (non-hydrogen) atoms. The topological polar surface area (TPSA) is 32.8 Å². The molecule has 2 rings (SSSR count). The van der Waals surface area contributed by atoms with E-state index in [9.17, 15) is 4.79 Å². The number of hydrogen-bond acceptors (Lipinski definition) is 4. The molecule has 0 N–H and O–H groups in total. The van der Waals surface area contributed by atoms with Gasteiger partial charge in [0.15, 0.2) is 0 Å². The summed E-state index contributed by atoms with van der Waals surface area (Å²) in [7, 11) is 2.17. The predicted octanol–water partition coefficient (Wildman–Crippen LogP) is 1.45. The first-order chi connectivity index (χ1) is 9.22. The van der Waals surface area contributed by atoms with Crippen molar-refractivity contribution in [3.05, 3.63) is 0 Å². The summed E-state index contributed by atoms with van der Waals surface area (Å²) in [6, 6.07) is 0.660. The molecule has 2 aliphatic rings. The highest BCUT2D eigenvalue weighted by Crippen LogP contribution is 2.31. The van der Waals surface area contributed by atoms with Crippen molar-refractivity contribution in [2.75, 3.05) is 46.2 Å². The normalized spacial score (nSPS) is 28.1. The van der Waals surface area contributed by atoms with Crippen LogP contribution >= 0.6 is 11.8 Å². The summed E-state index contributed by atoms with van der Waals surface area (Å²) >= 11 is 1.98. The van der Waals surface area contributed by atoms with E-state index >= 15 is 0 Å². The number of amides is 1. The molecule has 1 saturated heterocycles. The van der Waals surface area contributed by atoms with Gasteiger partial charge in [0.2, 0.25) is 5.91 Å². The van der Waals surface area contributed by atoms with Gasteiger partial charge in [-0.15, -0.1) is 0 Å². The van der Waals surface area contributed by atoms with Crippen LogP contribution in [0.2, 0.25) is 0 Å². The maximum atomic E-state index is 12.1. The molecule has 0 aromatic heterocycles. The molecule has 1 amide bonds. The van der Waals surface area contributed by atoms with E-state index in [-0.39, 0.29) is 5.91 Å². The first kappa shape index (κ1) is 15.1. The van der Waals surface area contributed by atoms with Crippen molar-refractivity contribution in [1.29, 1.82) is 0 Å². The van der Waals surface area contributed by atoms with Gasteiger partial charge in [-0.25, -0.2) is 0 Å². The smallest absolute Gasteiger partial charge is 0.224 e. The zero-order valence-electron chi connectivity index (χ0n) is 12.1. The Bertz CT molecular complexity index is 295. The van der Waals surface area contributed by atoms with Gasteiger partial charge in [0.05, 0.1) is 13.2 Å². The van der Waals surface area contributed by atoms with Gasteiger partial charge in [-0.3, -0.25) is 4.79 Å². The van der Waals surface area contributed by atoms with E-state index in [1.807, 2.05) is 16.7 Å². The fraction of sp³-hybridized carbons (Fsp3) is 0.929. The van der Waals surface area contributed by atoms with Gasteiger partial charge in [0.1, 0.15) is 0 Å². The summed E-state index contributed by atoms with van der Waals surface area (Å²) in [5.41, 5.74) is 0. The minimum Gasteiger partial charge on any atom is -0.378 e. The van der Waals surface area contributed by atoms with Crippen LogP contribution in [0.1, 0.15) is 25.7 Å². The van der Waals surface area contributed by atoms with E-state index in [0.29, 0.717) is 25.7 Å². The van der Waals surface area contributed by atoms with Crippen LogP contribution in [0.5, 0.6) is 0 Å². The van der Waals surface area contributed by atoms with Crippen molar-refractivity contribution in [3.63, 3.8) is 0 Å². The number of hydrogen-bond donors (Lipinski definition) is 0. The molecular weight excluding hydrogens is 260 g/mol. The van der Waals surface area contributed by atoms with Crippen LogP contribution in [0.3, 0.4) is 0 Å². The average molecular weight is 286 g/mol. The van der Waals surface area contributed by atoms with Gasteiger partial charge in [-0.1, -0.05) is 6.42 Å². The number of ether oxygens (including phenoxy) is 1. The second kappa shape index (κ2) is 7.50. The molecule has 1 heterocycles.